The minimum absolute atomic E-state index is 0.0956. The van der Waals surface area contributed by atoms with Crippen LogP contribution in [0.5, 0.6) is 5.75 Å². The van der Waals surface area contributed by atoms with E-state index in [4.69, 9.17) is 19.5 Å². The summed E-state index contributed by atoms with van der Waals surface area (Å²) < 4.78 is 16.6. The van der Waals surface area contributed by atoms with Crippen molar-refractivity contribution in [1.29, 1.82) is 5.26 Å². The zero-order valence-corrected chi connectivity index (χ0v) is 21.7. The highest BCUT2D eigenvalue weighted by atomic mass is 32.2. The summed E-state index contributed by atoms with van der Waals surface area (Å²) in [6, 6.07) is 7.18. The van der Waals surface area contributed by atoms with Gasteiger partial charge in [-0.05, 0) is 30.0 Å². The molecular weight excluding hydrogens is 468 g/mol. The molecule has 1 aromatic rings. The van der Waals surface area contributed by atoms with Gasteiger partial charge in [-0.1, -0.05) is 45.6 Å². The zero-order chi connectivity index (χ0) is 25.9. The number of benzene rings is 1. The van der Waals surface area contributed by atoms with Crippen LogP contribution in [0.25, 0.3) is 0 Å². The van der Waals surface area contributed by atoms with Crippen LogP contribution in [0.4, 0.5) is 0 Å². The molecule has 0 radical (unpaired) electrons. The van der Waals surface area contributed by atoms with Crippen molar-refractivity contribution in [1.82, 2.24) is 16.0 Å². The van der Waals surface area contributed by atoms with E-state index in [1.165, 1.54) is 0 Å². The van der Waals surface area contributed by atoms with Gasteiger partial charge >= 0.3 is 0 Å². The van der Waals surface area contributed by atoms with Crippen molar-refractivity contribution in [3.05, 3.63) is 29.8 Å². The second kappa shape index (κ2) is 18.6. The van der Waals surface area contributed by atoms with Gasteiger partial charge in [0.2, 0.25) is 5.91 Å². The van der Waals surface area contributed by atoms with Crippen molar-refractivity contribution in [3.63, 3.8) is 0 Å². The maximum Gasteiger partial charge on any atom is 0.251 e. The Hall–Kier alpha value is -2.76. The third-order valence-corrected chi connectivity index (χ3v) is 4.80. The molecule has 2 amide bonds. The molecular formula is C25H36N4O5S. The highest BCUT2D eigenvalue weighted by Gasteiger charge is 2.13. The van der Waals surface area contributed by atoms with Crippen molar-refractivity contribution in [2.75, 3.05) is 46.1 Å². The van der Waals surface area contributed by atoms with Crippen molar-refractivity contribution >= 4 is 23.6 Å². The van der Waals surface area contributed by atoms with Crippen LogP contribution >= 0.6 is 11.8 Å². The summed E-state index contributed by atoms with van der Waals surface area (Å²) >= 11 is 0.924. The first-order valence-corrected chi connectivity index (χ1v) is 12.4. The Kier molecular flexibility index (Phi) is 16.0. The van der Waals surface area contributed by atoms with Crippen LogP contribution in [0.15, 0.2) is 24.3 Å². The fourth-order valence-corrected chi connectivity index (χ4v) is 2.98. The molecule has 1 rings (SSSR count). The maximum absolute atomic E-state index is 12.3. The lowest BCUT2D eigenvalue weighted by Crippen LogP contribution is -2.34. The number of hydrogen-bond acceptors (Lipinski definition) is 8. The predicted molar refractivity (Wildman–Crippen MR) is 137 cm³/mol. The summed E-state index contributed by atoms with van der Waals surface area (Å²) in [4.78, 5) is 24.0. The third kappa shape index (κ3) is 15.7. The molecule has 1 atom stereocenters. The molecule has 0 aliphatic rings. The smallest absolute Gasteiger partial charge is 0.251 e. The average Bonchev–Trinajstić information content (AvgIpc) is 2.82. The largest absolute Gasteiger partial charge is 0.490 e. The second-order valence-electron chi connectivity index (χ2n) is 8.02. The van der Waals surface area contributed by atoms with Crippen LogP contribution in [0.3, 0.4) is 0 Å². The molecule has 0 aliphatic heterocycles. The molecule has 192 valence electrons. The number of ether oxygens (including phenoxy) is 3. The maximum atomic E-state index is 12.3. The van der Waals surface area contributed by atoms with E-state index in [2.05, 4.69) is 27.8 Å². The number of carbonyl (C=O) groups excluding carboxylic acids is 2. The van der Waals surface area contributed by atoms with Gasteiger partial charge in [-0.2, -0.15) is 5.26 Å². The van der Waals surface area contributed by atoms with E-state index >= 15 is 0 Å². The molecule has 0 saturated heterocycles. The standard InChI is InChI=1S/C25H36N4O5S/c1-19(2)7-6-10-28-23(30)16-32-13-14-33-24(35-18-26)17-34-22-9-5-8-21(15-22)25(31)29-12-11-27-20(3)4/h5,8-9,15,19-20,24,27H,10-14,16-17H2,1-4H3,(H,28,30)(H,29,31)/t24-/m0/s1. The first-order chi connectivity index (χ1) is 16.8. The Labute approximate surface area is 212 Å². The number of nitriles is 1. The highest BCUT2D eigenvalue weighted by Crippen LogP contribution is 2.17. The molecule has 0 unspecified atom stereocenters. The summed E-state index contributed by atoms with van der Waals surface area (Å²) in [5.41, 5.74) is -0.0670. The Balaban J connectivity index is 2.34. The minimum Gasteiger partial charge on any atom is -0.490 e. The average molecular weight is 505 g/mol. The van der Waals surface area contributed by atoms with Crippen molar-refractivity contribution in [2.24, 2.45) is 5.92 Å². The highest BCUT2D eigenvalue weighted by molar-refractivity contribution is 8.04. The minimum atomic E-state index is -0.552. The van der Waals surface area contributed by atoms with E-state index in [1.54, 1.807) is 24.3 Å². The zero-order valence-electron chi connectivity index (χ0n) is 20.9. The predicted octanol–water partition coefficient (Wildman–Crippen LogP) is 2.14. The normalized spacial score (nSPS) is 11.3. The first-order valence-electron chi connectivity index (χ1n) is 11.6. The lowest BCUT2D eigenvalue weighted by atomic mass is 10.2. The lowest BCUT2D eigenvalue weighted by molar-refractivity contribution is -0.126. The summed E-state index contributed by atoms with van der Waals surface area (Å²) in [7, 11) is 0. The molecule has 0 aromatic heterocycles. The van der Waals surface area contributed by atoms with Gasteiger partial charge in [0.25, 0.3) is 5.91 Å². The van der Waals surface area contributed by atoms with Gasteiger partial charge < -0.3 is 30.2 Å². The van der Waals surface area contributed by atoms with Gasteiger partial charge in [0.15, 0.2) is 5.44 Å². The number of nitrogens with zero attached hydrogens (tertiary/aromatic N) is 1. The van der Waals surface area contributed by atoms with E-state index < -0.39 is 5.44 Å². The fourth-order valence-electron chi connectivity index (χ4n) is 2.56. The fraction of sp³-hybridized carbons (Fsp3) is 0.560. The number of hydrogen-bond donors (Lipinski definition) is 3. The molecule has 0 heterocycles. The van der Waals surface area contributed by atoms with Crippen molar-refractivity contribution in [3.8, 4) is 23.0 Å². The van der Waals surface area contributed by atoms with Crippen molar-refractivity contribution in [2.45, 2.75) is 39.2 Å². The van der Waals surface area contributed by atoms with Crippen LogP contribution in [0.1, 0.15) is 38.1 Å². The molecule has 10 heteroatoms. The number of rotatable bonds is 16. The van der Waals surface area contributed by atoms with Gasteiger partial charge in [-0.25, -0.2) is 0 Å². The number of amides is 2. The van der Waals surface area contributed by atoms with E-state index in [0.717, 1.165) is 11.8 Å². The second-order valence-corrected chi connectivity index (χ2v) is 8.96. The van der Waals surface area contributed by atoms with Gasteiger partial charge in [0, 0.05) is 30.6 Å². The van der Waals surface area contributed by atoms with E-state index in [1.807, 2.05) is 33.1 Å². The van der Waals surface area contributed by atoms with Crippen molar-refractivity contribution < 1.29 is 23.8 Å². The quantitative estimate of drug-likeness (QED) is 0.136. The summed E-state index contributed by atoms with van der Waals surface area (Å²) in [5.74, 6) is 6.14. The summed E-state index contributed by atoms with van der Waals surface area (Å²) in [6.45, 7) is 9.93. The van der Waals surface area contributed by atoms with Crippen LogP contribution in [0, 0.1) is 28.4 Å². The van der Waals surface area contributed by atoms with Crippen LogP contribution in [-0.2, 0) is 14.3 Å². The molecule has 0 saturated carbocycles. The Morgan fingerprint density at radius 1 is 1.11 bits per heavy atom. The first kappa shape index (κ1) is 30.3. The monoisotopic (exact) mass is 504 g/mol. The van der Waals surface area contributed by atoms with Crippen LogP contribution < -0.4 is 20.7 Å². The molecule has 0 bridgehead atoms. The van der Waals surface area contributed by atoms with Gasteiger partial charge in [-0.15, -0.1) is 0 Å². The lowest BCUT2D eigenvalue weighted by Gasteiger charge is -2.16. The Bertz CT molecular complexity index is 877. The molecule has 0 spiro atoms. The molecule has 35 heavy (non-hydrogen) atoms. The Morgan fingerprint density at radius 3 is 2.63 bits per heavy atom. The molecule has 3 N–H and O–H groups in total. The van der Waals surface area contributed by atoms with E-state index in [9.17, 15) is 9.59 Å². The van der Waals surface area contributed by atoms with Gasteiger partial charge in [0.1, 0.15) is 24.4 Å². The van der Waals surface area contributed by atoms with E-state index in [-0.39, 0.29) is 50.7 Å². The van der Waals surface area contributed by atoms with Crippen LogP contribution in [-0.4, -0.2) is 69.4 Å². The van der Waals surface area contributed by atoms with Gasteiger partial charge in [0.05, 0.1) is 19.8 Å². The molecule has 9 nitrogen and oxygen atoms in total. The SMILES string of the molecule is CC(C)C#CCNC(=O)COCCO[C@H](COc1cccc(C(=O)NCCNC(C)C)c1)SC#N. The number of nitrogens with one attached hydrogen (secondary N) is 3. The Morgan fingerprint density at radius 2 is 1.91 bits per heavy atom. The molecule has 0 aliphatic carbocycles. The number of carbonyl (C=O) groups is 2. The van der Waals surface area contributed by atoms with Gasteiger partial charge in [-0.3, -0.25) is 9.59 Å². The number of thioether (sulfide) groups is 1. The van der Waals surface area contributed by atoms with Crippen LogP contribution in [0.2, 0.25) is 0 Å². The number of thiocyanates is 1. The molecule has 1 aromatic carbocycles. The third-order valence-electron chi connectivity index (χ3n) is 4.16. The topological polar surface area (TPSA) is 122 Å². The molecule has 0 fully saturated rings. The summed E-state index contributed by atoms with van der Waals surface area (Å²) in [6.07, 6.45) is 0. The van der Waals surface area contributed by atoms with E-state index in [0.29, 0.717) is 30.4 Å². The summed E-state index contributed by atoms with van der Waals surface area (Å²) in [5, 5.41) is 19.8.